The van der Waals surface area contributed by atoms with Crippen molar-refractivity contribution in [3.05, 3.63) is 59.3 Å². The fraction of sp³-hybridized carbons (Fsp3) is 0.385. The number of rotatable bonds is 9. The first-order valence-electron chi connectivity index (χ1n) is 11.3. The summed E-state index contributed by atoms with van der Waals surface area (Å²) in [6.07, 6.45) is 3.10. The maximum absolute atomic E-state index is 12.8. The lowest BCUT2D eigenvalue weighted by Gasteiger charge is -2.35. The van der Waals surface area contributed by atoms with Crippen LogP contribution in [0.3, 0.4) is 0 Å². The monoisotopic (exact) mass is 446 g/mol. The summed E-state index contributed by atoms with van der Waals surface area (Å²) in [6, 6.07) is 13.5. The van der Waals surface area contributed by atoms with Crippen LogP contribution in [0.4, 0.5) is 0 Å². The molecule has 1 saturated heterocycles. The van der Waals surface area contributed by atoms with Crippen LogP contribution in [0.5, 0.6) is 11.5 Å². The van der Waals surface area contributed by atoms with Gasteiger partial charge in [-0.15, -0.1) is 0 Å². The second-order valence-electron chi connectivity index (χ2n) is 8.40. The SMILES string of the molecule is COc1ccc(CN2CCN(CCCC(=O)c3c[nH]c4ccc(C#N)cc34)CC2)c(OC)c1. The number of ether oxygens (including phenoxy) is 2. The normalized spacial score (nSPS) is 14.8. The van der Waals surface area contributed by atoms with Gasteiger partial charge in [-0.2, -0.15) is 5.26 Å². The summed E-state index contributed by atoms with van der Waals surface area (Å²) in [5, 5.41) is 9.97. The van der Waals surface area contributed by atoms with Crippen molar-refractivity contribution in [1.82, 2.24) is 14.8 Å². The van der Waals surface area contributed by atoms with Crippen LogP contribution >= 0.6 is 0 Å². The summed E-state index contributed by atoms with van der Waals surface area (Å²) < 4.78 is 10.8. The molecule has 1 aliphatic rings. The zero-order valence-corrected chi connectivity index (χ0v) is 19.3. The molecule has 1 aliphatic heterocycles. The highest BCUT2D eigenvalue weighted by Gasteiger charge is 2.19. The van der Waals surface area contributed by atoms with Gasteiger partial charge in [-0.05, 0) is 37.2 Å². The van der Waals surface area contributed by atoms with E-state index in [4.69, 9.17) is 14.7 Å². The molecule has 1 N–H and O–H groups in total. The fourth-order valence-corrected chi connectivity index (χ4v) is 4.41. The first kappa shape index (κ1) is 22.8. The number of hydrogen-bond acceptors (Lipinski definition) is 6. The van der Waals surface area contributed by atoms with E-state index in [1.807, 2.05) is 18.2 Å². The fourth-order valence-electron chi connectivity index (χ4n) is 4.41. The van der Waals surface area contributed by atoms with Crippen LogP contribution in [0.1, 0.15) is 34.3 Å². The van der Waals surface area contributed by atoms with Crippen molar-refractivity contribution in [2.75, 3.05) is 46.9 Å². The Kier molecular flexibility index (Phi) is 7.28. The predicted molar refractivity (Wildman–Crippen MR) is 128 cm³/mol. The van der Waals surface area contributed by atoms with Gasteiger partial charge in [0.15, 0.2) is 5.78 Å². The molecule has 2 heterocycles. The number of aromatic amines is 1. The average Bonchev–Trinajstić information content (AvgIpc) is 3.28. The minimum Gasteiger partial charge on any atom is -0.497 e. The van der Waals surface area contributed by atoms with Gasteiger partial charge in [-0.25, -0.2) is 0 Å². The number of aromatic nitrogens is 1. The molecule has 0 amide bonds. The van der Waals surface area contributed by atoms with Gasteiger partial charge in [0.05, 0.1) is 25.9 Å². The molecule has 3 aromatic rings. The zero-order chi connectivity index (χ0) is 23.2. The van der Waals surface area contributed by atoms with Crippen LogP contribution in [-0.2, 0) is 6.54 Å². The van der Waals surface area contributed by atoms with Crippen molar-refractivity contribution in [2.45, 2.75) is 19.4 Å². The number of carbonyl (C=O) groups is 1. The maximum Gasteiger partial charge on any atom is 0.165 e. The van der Waals surface area contributed by atoms with Crippen LogP contribution in [-0.4, -0.2) is 67.5 Å². The van der Waals surface area contributed by atoms with Gasteiger partial charge >= 0.3 is 0 Å². The molecule has 7 heteroatoms. The van der Waals surface area contributed by atoms with Crippen LogP contribution in [0.15, 0.2) is 42.6 Å². The number of hydrogen-bond donors (Lipinski definition) is 1. The van der Waals surface area contributed by atoms with Crippen LogP contribution < -0.4 is 9.47 Å². The van der Waals surface area contributed by atoms with Crippen molar-refractivity contribution in [1.29, 1.82) is 5.26 Å². The zero-order valence-electron chi connectivity index (χ0n) is 19.3. The lowest BCUT2D eigenvalue weighted by molar-refractivity contribution is 0.0960. The van der Waals surface area contributed by atoms with E-state index in [0.29, 0.717) is 17.5 Å². The second-order valence-corrected chi connectivity index (χ2v) is 8.40. The first-order chi connectivity index (χ1) is 16.1. The number of piperazine rings is 1. The van der Waals surface area contributed by atoms with Gasteiger partial charge in [-0.1, -0.05) is 6.07 Å². The summed E-state index contributed by atoms with van der Waals surface area (Å²) in [7, 11) is 3.35. The second kappa shape index (κ2) is 10.5. The Bertz CT molecular complexity index is 1160. The molecule has 0 spiro atoms. The topological polar surface area (TPSA) is 81.6 Å². The van der Waals surface area contributed by atoms with E-state index in [1.165, 1.54) is 0 Å². The third-order valence-electron chi connectivity index (χ3n) is 6.34. The molecule has 0 atom stereocenters. The molecule has 0 radical (unpaired) electrons. The van der Waals surface area contributed by atoms with Crippen molar-refractivity contribution in [3.63, 3.8) is 0 Å². The first-order valence-corrected chi connectivity index (χ1v) is 11.3. The van der Waals surface area contributed by atoms with Crippen molar-refractivity contribution >= 4 is 16.7 Å². The van der Waals surface area contributed by atoms with E-state index in [9.17, 15) is 4.79 Å². The molecule has 4 rings (SSSR count). The van der Waals surface area contributed by atoms with E-state index in [1.54, 1.807) is 32.5 Å². The smallest absolute Gasteiger partial charge is 0.165 e. The number of fused-ring (bicyclic) bond motifs is 1. The summed E-state index contributed by atoms with van der Waals surface area (Å²) in [6.45, 7) is 5.73. The van der Waals surface area contributed by atoms with Gasteiger partial charge in [0, 0.05) is 73.4 Å². The Morgan fingerprint density at radius 2 is 1.85 bits per heavy atom. The minimum absolute atomic E-state index is 0.126. The molecule has 2 aromatic carbocycles. The number of nitriles is 1. The number of ketones is 1. The quantitative estimate of drug-likeness (QED) is 0.503. The third kappa shape index (κ3) is 5.36. The highest BCUT2D eigenvalue weighted by molar-refractivity contribution is 6.08. The predicted octanol–water partition coefficient (Wildman–Crippen LogP) is 3.84. The van der Waals surface area contributed by atoms with Crippen LogP contribution in [0, 0.1) is 11.3 Å². The molecule has 1 fully saturated rings. The number of H-pyrrole nitrogens is 1. The number of methoxy groups -OCH3 is 2. The maximum atomic E-state index is 12.8. The largest absolute Gasteiger partial charge is 0.497 e. The molecule has 0 unspecified atom stereocenters. The van der Waals surface area contributed by atoms with Gasteiger partial charge in [0.1, 0.15) is 11.5 Å². The number of nitrogens with zero attached hydrogens (tertiary/aromatic N) is 3. The lowest BCUT2D eigenvalue weighted by atomic mass is 10.0. The summed E-state index contributed by atoms with van der Waals surface area (Å²) in [5.41, 5.74) is 3.30. The molecule has 7 nitrogen and oxygen atoms in total. The Balaban J connectivity index is 1.24. The van der Waals surface area contributed by atoms with Gasteiger partial charge in [0.25, 0.3) is 0 Å². The standard InChI is InChI=1S/C26H30N4O3/c1-32-21-7-6-20(26(15-21)33-2)18-30-12-10-29(11-13-30)9-3-4-25(31)23-17-28-24-8-5-19(16-27)14-22(23)24/h5-8,14-15,17,28H,3-4,9-13,18H2,1-2H3. The molecular formula is C26H30N4O3. The number of carbonyl (C=O) groups excluding carboxylic acids is 1. The Hall–Kier alpha value is -3.34. The molecular weight excluding hydrogens is 416 g/mol. The highest BCUT2D eigenvalue weighted by atomic mass is 16.5. The van der Waals surface area contributed by atoms with Crippen LogP contribution in [0.2, 0.25) is 0 Å². The van der Waals surface area contributed by atoms with Crippen molar-refractivity contribution in [3.8, 4) is 17.6 Å². The molecule has 0 aliphatic carbocycles. The van der Waals surface area contributed by atoms with E-state index >= 15 is 0 Å². The summed E-state index contributed by atoms with van der Waals surface area (Å²) in [5.74, 6) is 1.78. The summed E-state index contributed by atoms with van der Waals surface area (Å²) >= 11 is 0. The molecule has 33 heavy (non-hydrogen) atoms. The minimum atomic E-state index is 0.126. The van der Waals surface area contributed by atoms with Crippen LogP contribution in [0.25, 0.3) is 10.9 Å². The molecule has 172 valence electrons. The van der Waals surface area contributed by atoms with Crippen molar-refractivity contribution in [2.24, 2.45) is 0 Å². The van der Waals surface area contributed by atoms with Gasteiger partial charge in [0.2, 0.25) is 0 Å². The van der Waals surface area contributed by atoms with Gasteiger partial charge in [-0.3, -0.25) is 9.69 Å². The highest BCUT2D eigenvalue weighted by Crippen LogP contribution is 2.26. The number of benzene rings is 2. The van der Waals surface area contributed by atoms with E-state index in [0.717, 1.165) is 73.7 Å². The number of nitrogens with one attached hydrogen (secondary N) is 1. The average molecular weight is 447 g/mol. The Morgan fingerprint density at radius 1 is 1.06 bits per heavy atom. The van der Waals surface area contributed by atoms with E-state index in [-0.39, 0.29) is 5.78 Å². The lowest BCUT2D eigenvalue weighted by Crippen LogP contribution is -2.46. The molecule has 0 saturated carbocycles. The molecule has 1 aromatic heterocycles. The third-order valence-corrected chi connectivity index (χ3v) is 6.34. The van der Waals surface area contributed by atoms with E-state index in [2.05, 4.69) is 26.9 Å². The van der Waals surface area contributed by atoms with Gasteiger partial charge < -0.3 is 19.4 Å². The molecule has 0 bridgehead atoms. The van der Waals surface area contributed by atoms with E-state index < -0.39 is 0 Å². The Morgan fingerprint density at radius 3 is 2.58 bits per heavy atom. The summed E-state index contributed by atoms with van der Waals surface area (Å²) in [4.78, 5) is 20.8. The van der Waals surface area contributed by atoms with Crippen molar-refractivity contribution < 1.29 is 14.3 Å². The Labute approximate surface area is 194 Å². The number of Topliss-reactive ketones (excluding diaryl/α,β-unsaturated/α-hetero) is 1.